The van der Waals surface area contributed by atoms with Gasteiger partial charge in [0.25, 0.3) is 5.91 Å². The van der Waals surface area contributed by atoms with Crippen molar-refractivity contribution in [1.29, 1.82) is 0 Å². The maximum Gasteiger partial charge on any atom is 0.291 e. The topological polar surface area (TPSA) is 86.7 Å². The Morgan fingerprint density at radius 3 is 2.54 bits per heavy atom. The molecule has 134 valence electrons. The lowest BCUT2D eigenvalue weighted by Gasteiger charge is -2.08. The van der Waals surface area contributed by atoms with Crippen LogP contribution in [0.4, 0.5) is 11.4 Å². The molecule has 1 aromatic heterocycles. The number of hydrogen-bond donors (Lipinski definition) is 2. The van der Waals surface area contributed by atoms with Gasteiger partial charge in [0.05, 0.1) is 30.6 Å². The molecule has 6 nitrogen and oxygen atoms in total. The molecule has 0 radical (unpaired) electrons. The Hall–Kier alpha value is -3.12. The van der Waals surface area contributed by atoms with Crippen LogP contribution >= 0.6 is 11.6 Å². The molecule has 0 aliphatic heterocycles. The predicted octanol–water partition coefficient (Wildman–Crippen LogP) is 4.45. The molecule has 0 saturated heterocycles. The van der Waals surface area contributed by atoms with Gasteiger partial charge in [-0.2, -0.15) is 0 Å². The molecule has 3 N–H and O–H groups in total. The Kier molecular flexibility index (Phi) is 5.04. The van der Waals surface area contributed by atoms with Crippen LogP contribution in [0.25, 0.3) is 11.3 Å². The van der Waals surface area contributed by atoms with Gasteiger partial charge in [0.2, 0.25) is 0 Å². The highest BCUT2D eigenvalue weighted by molar-refractivity contribution is 6.32. The third-order valence-electron chi connectivity index (χ3n) is 3.77. The number of ether oxygens (including phenoxy) is 2. The highest BCUT2D eigenvalue weighted by Gasteiger charge is 2.15. The van der Waals surface area contributed by atoms with E-state index in [4.69, 9.17) is 31.2 Å². The lowest BCUT2D eigenvalue weighted by molar-refractivity contribution is 0.0997. The van der Waals surface area contributed by atoms with Crippen molar-refractivity contribution < 1.29 is 18.7 Å². The van der Waals surface area contributed by atoms with Crippen molar-refractivity contribution >= 4 is 28.9 Å². The molecule has 0 atom stereocenters. The number of furan rings is 1. The average Bonchev–Trinajstić information content (AvgIpc) is 3.13. The van der Waals surface area contributed by atoms with Gasteiger partial charge in [0.15, 0.2) is 5.76 Å². The van der Waals surface area contributed by atoms with E-state index in [9.17, 15) is 4.79 Å². The third kappa shape index (κ3) is 3.60. The van der Waals surface area contributed by atoms with E-state index in [0.29, 0.717) is 33.7 Å². The molecule has 0 bridgehead atoms. The van der Waals surface area contributed by atoms with E-state index in [1.807, 2.05) is 0 Å². The SMILES string of the molecule is COc1ccc(NC(=O)c2ccc(-c3ccc(OC)c(Cl)c3)o2)c(N)c1. The minimum Gasteiger partial charge on any atom is -0.497 e. The summed E-state index contributed by atoms with van der Waals surface area (Å²) in [5, 5.41) is 3.17. The Balaban J connectivity index is 1.79. The van der Waals surface area contributed by atoms with Gasteiger partial charge in [0, 0.05) is 11.6 Å². The fourth-order valence-corrected chi connectivity index (χ4v) is 2.66. The number of halogens is 1. The number of rotatable bonds is 5. The molecule has 0 aliphatic rings. The lowest BCUT2D eigenvalue weighted by atomic mass is 10.2. The van der Waals surface area contributed by atoms with E-state index in [2.05, 4.69) is 5.32 Å². The average molecular weight is 373 g/mol. The van der Waals surface area contributed by atoms with Gasteiger partial charge < -0.3 is 24.9 Å². The summed E-state index contributed by atoms with van der Waals surface area (Å²) in [4.78, 5) is 12.4. The van der Waals surface area contributed by atoms with Crippen LogP contribution in [0.2, 0.25) is 5.02 Å². The maximum absolute atomic E-state index is 12.4. The van der Waals surface area contributed by atoms with E-state index in [-0.39, 0.29) is 5.76 Å². The number of carbonyl (C=O) groups excluding carboxylic acids is 1. The second kappa shape index (κ2) is 7.41. The molecule has 3 aromatic rings. The van der Waals surface area contributed by atoms with Crippen molar-refractivity contribution in [2.75, 3.05) is 25.3 Å². The van der Waals surface area contributed by atoms with Crippen LogP contribution in [0.1, 0.15) is 10.6 Å². The van der Waals surface area contributed by atoms with Crippen molar-refractivity contribution in [2.24, 2.45) is 0 Å². The van der Waals surface area contributed by atoms with Crippen LogP contribution in [-0.2, 0) is 0 Å². The number of nitrogen functional groups attached to an aromatic ring is 1. The van der Waals surface area contributed by atoms with Crippen molar-refractivity contribution in [1.82, 2.24) is 0 Å². The Bertz CT molecular complexity index is 952. The van der Waals surface area contributed by atoms with Crippen LogP contribution in [0.15, 0.2) is 52.9 Å². The molecule has 1 amide bonds. The first-order valence-electron chi connectivity index (χ1n) is 7.70. The standard InChI is InChI=1S/C19H17ClN2O4/c1-24-12-4-5-15(14(21)10-12)22-19(23)18-8-7-16(26-18)11-3-6-17(25-2)13(20)9-11/h3-10H,21H2,1-2H3,(H,22,23). The van der Waals surface area contributed by atoms with Crippen molar-refractivity contribution in [3.05, 3.63) is 59.3 Å². The first kappa shape index (κ1) is 17.7. The fourth-order valence-electron chi connectivity index (χ4n) is 2.40. The van der Waals surface area contributed by atoms with Gasteiger partial charge in [-0.05, 0) is 42.5 Å². The van der Waals surface area contributed by atoms with Gasteiger partial charge in [-0.25, -0.2) is 0 Å². The maximum atomic E-state index is 12.4. The number of anilines is 2. The monoisotopic (exact) mass is 372 g/mol. The predicted molar refractivity (Wildman–Crippen MR) is 101 cm³/mol. The Morgan fingerprint density at radius 1 is 1.08 bits per heavy atom. The van der Waals surface area contributed by atoms with Gasteiger partial charge in [-0.3, -0.25) is 4.79 Å². The van der Waals surface area contributed by atoms with E-state index in [1.54, 1.807) is 62.8 Å². The number of methoxy groups -OCH3 is 2. The van der Waals surface area contributed by atoms with E-state index in [0.717, 1.165) is 5.56 Å². The first-order valence-corrected chi connectivity index (χ1v) is 8.08. The molecule has 26 heavy (non-hydrogen) atoms. The van der Waals surface area contributed by atoms with Gasteiger partial charge in [-0.15, -0.1) is 0 Å². The van der Waals surface area contributed by atoms with Gasteiger partial charge in [-0.1, -0.05) is 11.6 Å². The summed E-state index contributed by atoms with van der Waals surface area (Å²) in [6.45, 7) is 0. The molecule has 1 heterocycles. The van der Waals surface area contributed by atoms with Crippen molar-refractivity contribution in [2.45, 2.75) is 0 Å². The summed E-state index contributed by atoms with van der Waals surface area (Å²) in [7, 11) is 3.09. The minimum atomic E-state index is -0.410. The van der Waals surface area contributed by atoms with Crippen LogP contribution in [0.3, 0.4) is 0 Å². The zero-order chi connectivity index (χ0) is 18.7. The van der Waals surface area contributed by atoms with Gasteiger partial charge >= 0.3 is 0 Å². The van der Waals surface area contributed by atoms with Crippen LogP contribution in [-0.4, -0.2) is 20.1 Å². The quantitative estimate of drug-likeness (QED) is 0.646. The first-order chi connectivity index (χ1) is 12.5. The molecular formula is C19H17ClN2O4. The summed E-state index contributed by atoms with van der Waals surface area (Å²) in [5.41, 5.74) is 7.51. The summed E-state index contributed by atoms with van der Waals surface area (Å²) < 4.78 is 15.9. The largest absolute Gasteiger partial charge is 0.497 e. The highest BCUT2D eigenvalue weighted by atomic mass is 35.5. The number of benzene rings is 2. The fraction of sp³-hybridized carbons (Fsp3) is 0.105. The number of nitrogens with one attached hydrogen (secondary N) is 1. The number of amides is 1. The second-order valence-electron chi connectivity index (χ2n) is 5.42. The van der Waals surface area contributed by atoms with E-state index in [1.165, 1.54) is 0 Å². The molecule has 0 saturated carbocycles. The van der Waals surface area contributed by atoms with Crippen LogP contribution in [0, 0.1) is 0 Å². The molecule has 7 heteroatoms. The van der Waals surface area contributed by atoms with Crippen LogP contribution < -0.4 is 20.5 Å². The molecule has 2 aromatic carbocycles. The Labute approximate surface area is 155 Å². The number of carbonyl (C=O) groups is 1. The van der Waals surface area contributed by atoms with Crippen molar-refractivity contribution in [3.63, 3.8) is 0 Å². The van der Waals surface area contributed by atoms with Crippen LogP contribution in [0.5, 0.6) is 11.5 Å². The molecule has 0 aliphatic carbocycles. The number of nitrogens with two attached hydrogens (primary N) is 1. The highest BCUT2D eigenvalue weighted by Crippen LogP contribution is 2.31. The molecule has 0 spiro atoms. The summed E-state index contributed by atoms with van der Waals surface area (Å²) in [6.07, 6.45) is 0. The van der Waals surface area contributed by atoms with Gasteiger partial charge in [0.1, 0.15) is 17.3 Å². The molecular weight excluding hydrogens is 356 g/mol. The molecule has 0 unspecified atom stereocenters. The smallest absolute Gasteiger partial charge is 0.291 e. The van der Waals surface area contributed by atoms with Crippen molar-refractivity contribution in [3.8, 4) is 22.8 Å². The van der Waals surface area contributed by atoms with E-state index >= 15 is 0 Å². The Morgan fingerprint density at radius 2 is 1.88 bits per heavy atom. The molecule has 3 rings (SSSR count). The summed E-state index contributed by atoms with van der Waals surface area (Å²) >= 11 is 6.13. The zero-order valence-electron chi connectivity index (χ0n) is 14.2. The minimum absolute atomic E-state index is 0.155. The summed E-state index contributed by atoms with van der Waals surface area (Å²) in [6, 6.07) is 13.5. The normalized spacial score (nSPS) is 10.4. The van der Waals surface area contributed by atoms with E-state index < -0.39 is 5.91 Å². The molecule has 0 fully saturated rings. The zero-order valence-corrected chi connectivity index (χ0v) is 15.0. The second-order valence-corrected chi connectivity index (χ2v) is 5.83. The summed E-state index contributed by atoms with van der Waals surface area (Å²) in [5.74, 6) is 1.43. The lowest BCUT2D eigenvalue weighted by Crippen LogP contribution is -2.12. The third-order valence-corrected chi connectivity index (χ3v) is 4.07. The number of hydrogen-bond acceptors (Lipinski definition) is 5.